The van der Waals surface area contributed by atoms with Crippen molar-refractivity contribution in [2.45, 2.75) is 0 Å². The van der Waals surface area contributed by atoms with Crippen molar-refractivity contribution in [1.82, 2.24) is 4.57 Å². The minimum atomic E-state index is 1.11. The molecule has 55 heavy (non-hydrogen) atoms. The maximum absolute atomic E-state index is 2.42. The SMILES string of the molecule is c1ccc(-n2c3ccccc3c3cccc(-c4cccc(N(c5ccc(-c6ccc7ccccc7c6)cc5)c5ccc6c(c5)sc5ccccc56)c4)c32)cc1. The molecule has 0 spiro atoms. The molecule has 0 unspecified atom stereocenters. The van der Waals surface area contributed by atoms with Crippen LogP contribution in [0, 0.1) is 0 Å². The third-order valence-corrected chi connectivity index (χ3v) is 12.1. The first kappa shape index (κ1) is 31.6. The molecule has 0 atom stereocenters. The Morgan fingerprint density at radius 1 is 0.364 bits per heavy atom. The third-order valence-electron chi connectivity index (χ3n) is 11.0. The fraction of sp³-hybridized carbons (Fsp3) is 0. The molecule has 0 radical (unpaired) electrons. The van der Waals surface area contributed by atoms with Gasteiger partial charge in [-0.05, 0) is 94.2 Å². The van der Waals surface area contributed by atoms with Gasteiger partial charge in [0.25, 0.3) is 0 Å². The van der Waals surface area contributed by atoms with Gasteiger partial charge in [-0.3, -0.25) is 0 Å². The standard InChI is InChI=1S/C52H34N2S/c1-2-15-40(16-3-1)54-49-22-8-6-18-45(49)48-21-11-20-44(52(48)54)39-14-10-17-42(33-39)53(43-30-31-47-46-19-7-9-23-50(46)55-51(47)34-43)41-28-26-36(27-29-41)38-25-24-35-12-4-5-13-37(35)32-38/h1-34H. The highest BCUT2D eigenvalue weighted by Gasteiger charge is 2.19. The molecule has 0 bridgehead atoms. The number of rotatable bonds is 6. The zero-order valence-electron chi connectivity index (χ0n) is 29.9. The lowest BCUT2D eigenvalue weighted by Gasteiger charge is -2.26. The monoisotopic (exact) mass is 718 g/mol. The Hall–Kier alpha value is -6.94. The van der Waals surface area contributed by atoms with E-state index in [1.807, 2.05) is 11.3 Å². The number of fused-ring (bicyclic) bond motifs is 7. The first-order valence-electron chi connectivity index (χ1n) is 18.8. The molecule has 9 aromatic carbocycles. The first-order valence-corrected chi connectivity index (χ1v) is 19.6. The lowest BCUT2D eigenvalue weighted by Crippen LogP contribution is -2.10. The molecular formula is C52H34N2S. The number of hydrogen-bond donors (Lipinski definition) is 0. The number of hydrogen-bond acceptors (Lipinski definition) is 2. The van der Waals surface area contributed by atoms with Crippen LogP contribution in [-0.2, 0) is 0 Å². The van der Waals surface area contributed by atoms with Gasteiger partial charge in [-0.15, -0.1) is 11.3 Å². The van der Waals surface area contributed by atoms with Crippen LogP contribution >= 0.6 is 11.3 Å². The second-order valence-electron chi connectivity index (χ2n) is 14.2. The molecule has 0 amide bonds. The highest BCUT2D eigenvalue weighted by molar-refractivity contribution is 7.25. The molecule has 3 heteroatoms. The van der Waals surface area contributed by atoms with Crippen molar-refractivity contribution in [2.75, 3.05) is 4.90 Å². The van der Waals surface area contributed by atoms with Crippen LogP contribution in [0.3, 0.4) is 0 Å². The van der Waals surface area contributed by atoms with E-state index in [1.165, 1.54) is 75.0 Å². The molecule has 2 nitrogen and oxygen atoms in total. The highest BCUT2D eigenvalue weighted by atomic mass is 32.1. The number of aromatic nitrogens is 1. The number of benzene rings is 9. The van der Waals surface area contributed by atoms with Gasteiger partial charge in [-0.1, -0.05) is 140 Å². The second kappa shape index (κ2) is 12.9. The fourth-order valence-electron chi connectivity index (χ4n) is 8.38. The molecule has 258 valence electrons. The molecule has 0 aliphatic rings. The van der Waals surface area contributed by atoms with Gasteiger partial charge >= 0.3 is 0 Å². The summed E-state index contributed by atoms with van der Waals surface area (Å²) in [7, 11) is 0. The van der Waals surface area contributed by atoms with Crippen molar-refractivity contribution in [3.8, 4) is 27.9 Å². The van der Waals surface area contributed by atoms with Crippen LogP contribution in [0.25, 0.3) is 80.7 Å². The second-order valence-corrected chi connectivity index (χ2v) is 15.2. The zero-order chi connectivity index (χ0) is 36.3. The van der Waals surface area contributed by atoms with Crippen molar-refractivity contribution < 1.29 is 0 Å². The number of para-hydroxylation sites is 3. The first-order chi connectivity index (χ1) is 27.3. The normalized spacial score (nSPS) is 11.6. The summed E-state index contributed by atoms with van der Waals surface area (Å²) in [5.41, 5.74) is 11.7. The Morgan fingerprint density at radius 2 is 1.04 bits per heavy atom. The minimum absolute atomic E-state index is 1.11. The molecule has 0 saturated heterocycles. The van der Waals surface area contributed by atoms with Gasteiger partial charge in [0.15, 0.2) is 0 Å². The van der Waals surface area contributed by atoms with Gasteiger partial charge < -0.3 is 9.47 Å². The van der Waals surface area contributed by atoms with Crippen molar-refractivity contribution in [2.24, 2.45) is 0 Å². The van der Waals surface area contributed by atoms with Gasteiger partial charge in [0.1, 0.15) is 0 Å². The van der Waals surface area contributed by atoms with Crippen LogP contribution in [0.2, 0.25) is 0 Å². The van der Waals surface area contributed by atoms with E-state index < -0.39 is 0 Å². The van der Waals surface area contributed by atoms with Crippen LogP contribution in [0.15, 0.2) is 206 Å². The molecule has 0 saturated carbocycles. The molecule has 2 aromatic heterocycles. The lowest BCUT2D eigenvalue weighted by atomic mass is 10.00. The molecule has 0 aliphatic carbocycles. The highest BCUT2D eigenvalue weighted by Crippen LogP contribution is 2.43. The molecule has 0 fully saturated rings. The topological polar surface area (TPSA) is 8.17 Å². The molecule has 11 rings (SSSR count). The Balaban J connectivity index is 1.09. The van der Waals surface area contributed by atoms with Crippen LogP contribution in [0.5, 0.6) is 0 Å². The Kier molecular flexibility index (Phi) is 7.39. The van der Waals surface area contributed by atoms with E-state index in [1.54, 1.807) is 0 Å². The van der Waals surface area contributed by atoms with E-state index in [-0.39, 0.29) is 0 Å². The van der Waals surface area contributed by atoms with E-state index in [2.05, 4.69) is 216 Å². The summed E-state index contributed by atoms with van der Waals surface area (Å²) in [6, 6.07) is 75.2. The summed E-state index contributed by atoms with van der Waals surface area (Å²) in [5.74, 6) is 0. The average molecular weight is 719 g/mol. The quantitative estimate of drug-likeness (QED) is 0.166. The summed E-state index contributed by atoms with van der Waals surface area (Å²) in [4.78, 5) is 2.41. The van der Waals surface area contributed by atoms with Crippen molar-refractivity contribution in [1.29, 1.82) is 0 Å². The summed E-state index contributed by atoms with van der Waals surface area (Å²) < 4.78 is 5.01. The Labute approximate surface area is 323 Å². The molecular weight excluding hydrogens is 685 g/mol. The summed E-state index contributed by atoms with van der Waals surface area (Å²) in [6.07, 6.45) is 0. The molecule has 0 N–H and O–H groups in total. The van der Waals surface area contributed by atoms with Gasteiger partial charge in [-0.25, -0.2) is 0 Å². The third kappa shape index (κ3) is 5.32. The van der Waals surface area contributed by atoms with Gasteiger partial charge in [-0.2, -0.15) is 0 Å². The van der Waals surface area contributed by atoms with Crippen LogP contribution in [-0.4, -0.2) is 4.57 Å². The van der Waals surface area contributed by atoms with Crippen molar-refractivity contribution in [3.05, 3.63) is 206 Å². The number of thiophene rings is 1. The number of anilines is 3. The molecule has 2 heterocycles. The van der Waals surface area contributed by atoms with E-state index in [0.29, 0.717) is 0 Å². The predicted octanol–water partition coefficient (Wildman–Crippen LogP) is 15.1. The van der Waals surface area contributed by atoms with Crippen LogP contribution < -0.4 is 4.90 Å². The van der Waals surface area contributed by atoms with Crippen molar-refractivity contribution >= 4 is 81.1 Å². The Morgan fingerprint density at radius 3 is 1.93 bits per heavy atom. The predicted molar refractivity (Wildman–Crippen MR) is 237 cm³/mol. The fourth-order valence-corrected chi connectivity index (χ4v) is 9.52. The lowest BCUT2D eigenvalue weighted by molar-refractivity contribution is 1.18. The minimum Gasteiger partial charge on any atom is -0.310 e. The van der Waals surface area contributed by atoms with Gasteiger partial charge in [0.2, 0.25) is 0 Å². The van der Waals surface area contributed by atoms with E-state index >= 15 is 0 Å². The summed E-state index contributed by atoms with van der Waals surface area (Å²) in [6.45, 7) is 0. The zero-order valence-corrected chi connectivity index (χ0v) is 30.7. The largest absolute Gasteiger partial charge is 0.310 e. The van der Waals surface area contributed by atoms with E-state index in [4.69, 9.17) is 0 Å². The smallest absolute Gasteiger partial charge is 0.0619 e. The van der Waals surface area contributed by atoms with Crippen molar-refractivity contribution in [3.63, 3.8) is 0 Å². The Bertz CT molecular complexity index is 3210. The molecule has 0 aliphatic heterocycles. The summed E-state index contributed by atoms with van der Waals surface area (Å²) in [5, 5.41) is 7.61. The van der Waals surface area contributed by atoms with Gasteiger partial charge in [0, 0.05) is 59.3 Å². The van der Waals surface area contributed by atoms with E-state index in [9.17, 15) is 0 Å². The maximum atomic E-state index is 2.42. The molecule has 11 aromatic rings. The number of nitrogens with zero attached hydrogens (tertiary/aromatic N) is 2. The van der Waals surface area contributed by atoms with Gasteiger partial charge in [0.05, 0.1) is 11.0 Å². The van der Waals surface area contributed by atoms with E-state index in [0.717, 1.165) is 22.7 Å². The maximum Gasteiger partial charge on any atom is 0.0619 e. The van der Waals surface area contributed by atoms with Crippen LogP contribution in [0.4, 0.5) is 17.1 Å². The van der Waals surface area contributed by atoms with Crippen LogP contribution in [0.1, 0.15) is 0 Å². The average Bonchev–Trinajstić information content (AvgIpc) is 3.80. The summed E-state index contributed by atoms with van der Waals surface area (Å²) >= 11 is 1.86.